The van der Waals surface area contributed by atoms with Crippen LogP contribution in [0.5, 0.6) is 0 Å². The summed E-state index contributed by atoms with van der Waals surface area (Å²) in [5.74, 6) is -1.02. The molecule has 3 N–H and O–H groups in total. The van der Waals surface area contributed by atoms with E-state index in [4.69, 9.17) is 10.9 Å². The fraction of sp³-hybridized carbons (Fsp3) is 0.696. The van der Waals surface area contributed by atoms with Crippen molar-refractivity contribution in [2.24, 2.45) is 5.14 Å². The molecule has 1 aromatic carbocycles. The number of hydrogen-bond acceptors (Lipinski definition) is 3. The molecule has 0 aliphatic heterocycles. The van der Waals surface area contributed by atoms with E-state index in [1.165, 1.54) is 76.7 Å². The van der Waals surface area contributed by atoms with Crippen LogP contribution in [0.3, 0.4) is 0 Å². The lowest BCUT2D eigenvalue weighted by molar-refractivity contribution is 0.0988. The van der Waals surface area contributed by atoms with Crippen molar-refractivity contribution in [3.63, 3.8) is 0 Å². The Balaban J connectivity index is 2.19. The Kier molecular flexibility index (Phi) is 12.9. The van der Waals surface area contributed by atoms with E-state index in [0.717, 1.165) is 19.3 Å². The third kappa shape index (κ3) is 10.8. The Morgan fingerprint density at radius 3 is 1.69 bits per heavy atom. The van der Waals surface area contributed by atoms with Crippen LogP contribution < -0.4 is 10.9 Å². The van der Waals surface area contributed by atoms with Crippen LogP contribution in [0.4, 0.5) is 0 Å². The Labute approximate surface area is 177 Å². The van der Waals surface area contributed by atoms with Crippen molar-refractivity contribution in [1.29, 1.82) is 0 Å². The van der Waals surface area contributed by atoms with Crippen molar-refractivity contribution < 1.29 is 13.2 Å². The van der Waals surface area contributed by atoms with Crippen molar-refractivity contribution >= 4 is 15.9 Å². The molecule has 0 aliphatic carbocycles. The second kappa shape index (κ2) is 14.6. The van der Waals surface area contributed by atoms with E-state index in [1.807, 2.05) is 0 Å². The zero-order valence-corrected chi connectivity index (χ0v) is 18.9. The molecule has 1 rings (SSSR count). The van der Waals surface area contributed by atoms with Crippen LogP contribution in [0.1, 0.15) is 113 Å². The number of carbonyl (C=O) groups excluding carboxylic acids is 1. The topological polar surface area (TPSA) is 101 Å². The van der Waals surface area contributed by atoms with Crippen LogP contribution in [0.15, 0.2) is 23.1 Å². The summed E-state index contributed by atoms with van der Waals surface area (Å²) in [6.07, 6.45) is 18.3. The lowest BCUT2D eigenvalue weighted by atomic mass is 10.0. The molecule has 165 valence electrons. The van der Waals surface area contributed by atoms with Gasteiger partial charge in [-0.15, -0.1) is 0 Å². The summed E-state index contributed by atoms with van der Waals surface area (Å²) >= 11 is 0. The van der Waals surface area contributed by atoms with Crippen LogP contribution in [0.2, 0.25) is 0 Å². The molecule has 0 fully saturated rings. The molecule has 29 heavy (non-hydrogen) atoms. The van der Waals surface area contributed by atoms with E-state index in [-0.39, 0.29) is 10.5 Å². The Bertz CT molecular complexity index is 702. The summed E-state index contributed by atoms with van der Waals surface area (Å²) in [6.45, 7) is 2.25. The molecule has 1 radical (unpaired) electrons. The maximum Gasteiger partial charge on any atom is 0.271 e. The van der Waals surface area contributed by atoms with Gasteiger partial charge in [-0.3, -0.25) is 10.5 Å². The van der Waals surface area contributed by atoms with Gasteiger partial charge in [-0.05, 0) is 24.5 Å². The van der Waals surface area contributed by atoms with E-state index in [9.17, 15) is 13.2 Å². The average Bonchev–Trinajstić information content (AvgIpc) is 2.67. The van der Waals surface area contributed by atoms with Gasteiger partial charge in [0.2, 0.25) is 10.0 Å². The van der Waals surface area contributed by atoms with E-state index in [1.54, 1.807) is 12.1 Å². The van der Waals surface area contributed by atoms with Gasteiger partial charge >= 0.3 is 0 Å². The number of sulfonamides is 1. The van der Waals surface area contributed by atoms with Gasteiger partial charge in [0.15, 0.2) is 0 Å². The highest BCUT2D eigenvalue weighted by Crippen LogP contribution is 2.22. The number of hydrogen-bond donors (Lipinski definition) is 1. The van der Waals surface area contributed by atoms with Gasteiger partial charge in [0, 0.05) is 0 Å². The zero-order valence-electron chi connectivity index (χ0n) is 18.0. The molecule has 0 aliphatic rings. The standard InChI is InChI=1S/C23H39N2O3S/c1-2-3-4-5-6-7-8-9-10-11-12-13-14-15-17-20-18-16-19-21(23(24)26)22(20)29(25,27)28/h16,18-19,24H,2-15,17H2,1H3,(H2,25,27,28). The number of nitrogens with two attached hydrogens (primary N) is 1. The summed E-state index contributed by atoms with van der Waals surface area (Å²) < 4.78 is 23.7. The van der Waals surface area contributed by atoms with Crippen molar-refractivity contribution in [1.82, 2.24) is 5.73 Å². The van der Waals surface area contributed by atoms with Crippen LogP contribution in [-0.2, 0) is 16.4 Å². The minimum Gasteiger partial charge on any atom is -0.267 e. The zero-order chi connectivity index (χ0) is 21.5. The first-order chi connectivity index (χ1) is 13.9. The molecule has 1 aromatic rings. The maximum absolute atomic E-state index is 11.9. The third-order valence-corrected chi connectivity index (χ3v) is 6.48. The minimum atomic E-state index is -4.02. The molecular formula is C23H39N2O3S. The monoisotopic (exact) mass is 423 g/mol. The van der Waals surface area contributed by atoms with E-state index < -0.39 is 15.9 Å². The molecule has 5 nitrogen and oxygen atoms in total. The van der Waals surface area contributed by atoms with Gasteiger partial charge in [0.25, 0.3) is 5.91 Å². The normalized spacial score (nSPS) is 11.7. The van der Waals surface area contributed by atoms with Gasteiger partial charge < -0.3 is 0 Å². The number of amides is 1. The van der Waals surface area contributed by atoms with Crippen LogP contribution in [0, 0.1) is 0 Å². The fourth-order valence-electron chi connectivity index (χ4n) is 3.81. The largest absolute Gasteiger partial charge is 0.271 e. The minimum absolute atomic E-state index is 0.129. The first kappa shape index (κ1) is 25.6. The smallest absolute Gasteiger partial charge is 0.267 e. The SMILES string of the molecule is CCCCCCCCCCCCCCCCc1cccc(C([NH])=O)c1S(N)(=O)=O. The van der Waals surface area contributed by atoms with Crippen molar-refractivity contribution in [3.8, 4) is 0 Å². The lowest BCUT2D eigenvalue weighted by Crippen LogP contribution is -2.19. The van der Waals surface area contributed by atoms with Gasteiger partial charge in [-0.2, -0.15) is 0 Å². The van der Waals surface area contributed by atoms with Crippen LogP contribution >= 0.6 is 0 Å². The van der Waals surface area contributed by atoms with Gasteiger partial charge in [-0.25, -0.2) is 13.6 Å². The number of primary sulfonamides is 1. The van der Waals surface area contributed by atoms with Gasteiger partial charge in [0.05, 0.1) is 10.5 Å². The first-order valence-corrected chi connectivity index (χ1v) is 12.8. The number of nitrogens with one attached hydrogen (secondary N) is 1. The third-order valence-electron chi connectivity index (χ3n) is 5.43. The van der Waals surface area contributed by atoms with E-state index in [0.29, 0.717) is 12.0 Å². The molecule has 0 atom stereocenters. The second-order valence-corrected chi connectivity index (χ2v) is 9.51. The Morgan fingerprint density at radius 2 is 1.28 bits per heavy atom. The van der Waals surface area contributed by atoms with E-state index in [2.05, 4.69) is 6.92 Å². The fourth-order valence-corrected chi connectivity index (χ4v) is 4.81. The molecule has 1 amide bonds. The molecule has 0 saturated carbocycles. The lowest BCUT2D eigenvalue weighted by Gasteiger charge is -2.11. The quantitative estimate of drug-likeness (QED) is 0.321. The second-order valence-electron chi connectivity index (χ2n) is 8.01. The highest BCUT2D eigenvalue weighted by atomic mass is 32.2. The maximum atomic E-state index is 11.9. The number of benzene rings is 1. The summed E-state index contributed by atoms with van der Waals surface area (Å²) in [5.41, 5.74) is 7.68. The summed E-state index contributed by atoms with van der Waals surface area (Å²) in [6, 6.07) is 4.66. The predicted molar refractivity (Wildman–Crippen MR) is 119 cm³/mol. The van der Waals surface area contributed by atoms with Gasteiger partial charge in [0.1, 0.15) is 0 Å². The number of rotatable bonds is 17. The number of carbonyl (C=O) groups is 1. The summed E-state index contributed by atoms with van der Waals surface area (Å²) in [5, 5.41) is 5.28. The van der Waals surface area contributed by atoms with Crippen molar-refractivity contribution in [3.05, 3.63) is 29.3 Å². The van der Waals surface area contributed by atoms with Crippen LogP contribution in [0.25, 0.3) is 0 Å². The molecule has 0 spiro atoms. The van der Waals surface area contributed by atoms with Crippen molar-refractivity contribution in [2.45, 2.75) is 108 Å². The molecule has 0 bridgehead atoms. The number of unbranched alkanes of at least 4 members (excludes halogenated alkanes) is 13. The Morgan fingerprint density at radius 1 is 0.828 bits per heavy atom. The molecule has 0 heterocycles. The highest BCUT2D eigenvalue weighted by Gasteiger charge is 2.21. The summed E-state index contributed by atoms with van der Waals surface area (Å²) in [7, 11) is -4.02. The van der Waals surface area contributed by atoms with Crippen molar-refractivity contribution in [2.75, 3.05) is 0 Å². The summed E-state index contributed by atoms with van der Waals surface area (Å²) in [4.78, 5) is 11.2. The van der Waals surface area contributed by atoms with E-state index >= 15 is 0 Å². The molecule has 0 saturated heterocycles. The van der Waals surface area contributed by atoms with Gasteiger partial charge in [-0.1, -0.05) is 103 Å². The van der Waals surface area contributed by atoms with Crippen LogP contribution in [-0.4, -0.2) is 14.3 Å². The predicted octanol–water partition coefficient (Wildman–Crippen LogP) is 5.78. The molecular weight excluding hydrogens is 384 g/mol. The molecule has 0 aromatic heterocycles. The Hall–Kier alpha value is -1.40. The number of aryl methyl sites for hydroxylation is 1. The molecule has 6 heteroatoms. The molecule has 0 unspecified atom stereocenters. The first-order valence-electron chi connectivity index (χ1n) is 11.3. The average molecular weight is 424 g/mol. The highest BCUT2D eigenvalue weighted by molar-refractivity contribution is 7.89.